The molecule has 0 bridgehead atoms. The second-order valence-corrected chi connectivity index (χ2v) is 5.75. The number of aryl methyl sites for hydroxylation is 1. The second-order valence-electron chi connectivity index (χ2n) is 4.76. The molecule has 0 saturated carbocycles. The average Bonchev–Trinajstić information content (AvgIpc) is 2.76. The van der Waals surface area contributed by atoms with Crippen LogP contribution in [-0.4, -0.2) is 40.9 Å². The van der Waals surface area contributed by atoms with Gasteiger partial charge in [0.15, 0.2) is 0 Å². The van der Waals surface area contributed by atoms with Crippen LogP contribution in [0.25, 0.3) is 0 Å². The fraction of sp³-hybridized carbons (Fsp3) is 0.500. The molecule has 1 aliphatic rings. The van der Waals surface area contributed by atoms with Gasteiger partial charge < -0.3 is 10.0 Å². The topological polar surface area (TPSA) is 40.5 Å². The van der Waals surface area contributed by atoms with Crippen LogP contribution in [0.1, 0.15) is 17.5 Å². The molecule has 1 amide bonds. The number of hydrogen-bond donors (Lipinski definition) is 1. The molecule has 4 heteroatoms. The van der Waals surface area contributed by atoms with E-state index in [1.807, 2.05) is 6.07 Å². The van der Waals surface area contributed by atoms with Gasteiger partial charge in [-0.25, -0.2) is 0 Å². The van der Waals surface area contributed by atoms with Crippen molar-refractivity contribution in [3.05, 3.63) is 35.4 Å². The molecule has 0 unspecified atom stereocenters. The highest BCUT2D eigenvalue weighted by Crippen LogP contribution is 2.16. The molecule has 18 heavy (non-hydrogen) atoms. The first-order chi connectivity index (χ1) is 8.65. The number of β-amino-alcohol motifs (C(OH)–C–C–N with tert-alkyl or cyclic N) is 1. The summed E-state index contributed by atoms with van der Waals surface area (Å²) in [4.78, 5) is 13.6. The lowest BCUT2D eigenvalue weighted by atomic mass is 10.2. The minimum Gasteiger partial charge on any atom is -0.391 e. The van der Waals surface area contributed by atoms with E-state index in [0.29, 0.717) is 25.3 Å². The number of amides is 1. The molecule has 0 spiro atoms. The Morgan fingerprint density at radius 2 is 2.39 bits per heavy atom. The van der Waals surface area contributed by atoms with E-state index in [-0.39, 0.29) is 12.0 Å². The highest BCUT2D eigenvalue weighted by atomic mass is 32.2. The number of thioether (sulfide) groups is 1. The molecule has 0 aliphatic carbocycles. The third kappa shape index (κ3) is 3.75. The number of aliphatic hydroxyl groups excluding tert-OH is 1. The van der Waals surface area contributed by atoms with Crippen molar-refractivity contribution in [2.45, 2.75) is 25.2 Å². The predicted molar refractivity (Wildman–Crippen MR) is 74.5 cm³/mol. The third-order valence-corrected chi connectivity index (χ3v) is 4.08. The van der Waals surface area contributed by atoms with Crippen LogP contribution in [0.3, 0.4) is 0 Å². The molecule has 1 atom stereocenters. The Morgan fingerprint density at radius 3 is 3.06 bits per heavy atom. The number of likely N-dealkylation sites (tertiary alicyclic amines) is 1. The molecule has 1 saturated heterocycles. The molecule has 1 N–H and O–H groups in total. The first kappa shape index (κ1) is 13.4. The number of aliphatic hydroxyl groups is 1. The van der Waals surface area contributed by atoms with Crippen LogP contribution in [0.2, 0.25) is 0 Å². The number of benzene rings is 1. The van der Waals surface area contributed by atoms with Crippen molar-refractivity contribution in [2.24, 2.45) is 0 Å². The van der Waals surface area contributed by atoms with Crippen molar-refractivity contribution in [2.75, 3.05) is 18.8 Å². The SMILES string of the molecule is Cc1cccc(CSCC(=O)N2CC[C@H](O)C2)c1. The minimum absolute atomic E-state index is 0.143. The lowest BCUT2D eigenvalue weighted by Gasteiger charge is -2.15. The van der Waals surface area contributed by atoms with Crippen molar-refractivity contribution in [3.63, 3.8) is 0 Å². The Hall–Kier alpha value is -1.00. The number of carbonyl (C=O) groups excluding carboxylic acids is 1. The molecule has 1 heterocycles. The molecule has 0 aromatic heterocycles. The fourth-order valence-electron chi connectivity index (χ4n) is 2.12. The van der Waals surface area contributed by atoms with E-state index in [2.05, 4.69) is 25.1 Å². The summed E-state index contributed by atoms with van der Waals surface area (Å²) in [5, 5.41) is 9.38. The lowest BCUT2D eigenvalue weighted by Crippen LogP contribution is -2.30. The normalized spacial score (nSPS) is 19.2. The van der Waals surface area contributed by atoms with Crippen LogP contribution < -0.4 is 0 Å². The second kappa shape index (κ2) is 6.25. The fourth-order valence-corrected chi connectivity index (χ4v) is 2.99. The monoisotopic (exact) mass is 265 g/mol. The zero-order valence-electron chi connectivity index (χ0n) is 10.6. The van der Waals surface area contributed by atoms with Crippen LogP contribution in [-0.2, 0) is 10.5 Å². The Kier molecular flexibility index (Phi) is 4.66. The van der Waals surface area contributed by atoms with Gasteiger partial charge in [-0.3, -0.25) is 4.79 Å². The van der Waals surface area contributed by atoms with Crippen molar-refractivity contribution in [1.82, 2.24) is 4.90 Å². The number of nitrogens with zero attached hydrogens (tertiary/aromatic N) is 1. The molecular weight excluding hydrogens is 246 g/mol. The molecule has 2 rings (SSSR count). The van der Waals surface area contributed by atoms with Crippen LogP contribution >= 0.6 is 11.8 Å². The van der Waals surface area contributed by atoms with Gasteiger partial charge in [-0.1, -0.05) is 29.8 Å². The molecule has 3 nitrogen and oxygen atoms in total. The smallest absolute Gasteiger partial charge is 0.232 e. The van der Waals surface area contributed by atoms with Gasteiger partial charge in [0, 0.05) is 18.8 Å². The number of rotatable bonds is 4. The lowest BCUT2D eigenvalue weighted by molar-refractivity contribution is -0.127. The van der Waals surface area contributed by atoms with Gasteiger partial charge in [-0.2, -0.15) is 0 Å². The molecular formula is C14H19NO2S. The average molecular weight is 265 g/mol. The van der Waals surface area contributed by atoms with Crippen LogP contribution in [0.4, 0.5) is 0 Å². The minimum atomic E-state index is -0.323. The zero-order chi connectivity index (χ0) is 13.0. The van der Waals surface area contributed by atoms with E-state index in [0.717, 1.165) is 5.75 Å². The van der Waals surface area contributed by atoms with E-state index >= 15 is 0 Å². The molecule has 98 valence electrons. The standard InChI is InChI=1S/C14H19NO2S/c1-11-3-2-4-12(7-11)9-18-10-14(17)15-6-5-13(16)8-15/h2-4,7,13,16H,5-6,8-10H2,1H3/t13-/m0/s1. The Labute approximate surface area is 112 Å². The van der Waals surface area contributed by atoms with E-state index in [1.165, 1.54) is 11.1 Å². The summed E-state index contributed by atoms with van der Waals surface area (Å²) in [5.74, 6) is 1.51. The summed E-state index contributed by atoms with van der Waals surface area (Å²) in [5.41, 5.74) is 2.51. The maximum absolute atomic E-state index is 11.8. The molecule has 1 aromatic carbocycles. The Bertz CT molecular complexity index is 422. The first-order valence-electron chi connectivity index (χ1n) is 6.24. The van der Waals surface area contributed by atoms with Crippen molar-refractivity contribution in [3.8, 4) is 0 Å². The number of hydrogen-bond acceptors (Lipinski definition) is 3. The van der Waals surface area contributed by atoms with E-state index < -0.39 is 0 Å². The summed E-state index contributed by atoms with van der Waals surface area (Å²) in [7, 11) is 0. The van der Waals surface area contributed by atoms with Gasteiger partial charge in [-0.05, 0) is 18.9 Å². The molecule has 1 fully saturated rings. The summed E-state index contributed by atoms with van der Waals surface area (Å²) in [6, 6.07) is 8.36. The largest absolute Gasteiger partial charge is 0.391 e. The summed E-state index contributed by atoms with van der Waals surface area (Å²) < 4.78 is 0. The summed E-state index contributed by atoms with van der Waals surface area (Å²) in [6.07, 6.45) is 0.393. The van der Waals surface area contributed by atoms with Crippen molar-refractivity contribution < 1.29 is 9.90 Å². The van der Waals surface area contributed by atoms with Gasteiger partial charge in [0.05, 0.1) is 11.9 Å². The van der Waals surface area contributed by atoms with Crippen molar-refractivity contribution in [1.29, 1.82) is 0 Å². The Balaban J connectivity index is 1.73. The van der Waals surface area contributed by atoms with E-state index in [4.69, 9.17) is 0 Å². The molecule has 1 aliphatic heterocycles. The maximum atomic E-state index is 11.8. The van der Waals surface area contributed by atoms with Crippen molar-refractivity contribution >= 4 is 17.7 Å². The highest BCUT2D eigenvalue weighted by molar-refractivity contribution is 7.99. The predicted octanol–water partition coefficient (Wildman–Crippen LogP) is 1.82. The highest BCUT2D eigenvalue weighted by Gasteiger charge is 2.23. The quantitative estimate of drug-likeness (QED) is 0.903. The van der Waals surface area contributed by atoms with E-state index in [1.54, 1.807) is 16.7 Å². The van der Waals surface area contributed by atoms with Gasteiger partial charge in [0.2, 0.25) is 5.91 Å². The van der Waals surface area contributed by atoms with Crippen LogP contribution in [0.15, 0.2) is 24.3 Å². The van der Waals surface area contributed by atoms with Gasteiger partial charge in [0.25, 0.3) is 0 Å². The van der Waals surface area contributed by atoms with Crippen LogP contribution in [0, 0.1) is 6.92 Å². The van der Waals surface area contributed by atoms with Gasteiger partial charge in [0.1, 0.15) is 0 Å². The van der Waals surface area contributed by atoms with Crippen LogP contribution in [0.5, 0.6) is 0 Å². The summed E-state index contributed by atoms with van der Waals surface area (Å²) in [6.45, 7) is 3.28. The third-order valence-electron chi connectivity index (χ3n) is 3.09. The first-order valence-corrected chi connectivity index (χ1v) is 7.40. The van der Waals surface area contributed by atoms with E-state index in [9.17, 15) is 9.90 Å². The zero-order valence-corrected chi connectivity index (χ0v) is 11.4. The summed E-state index contributed by atoms with van der Waals surface area (Å²) >= 11 is 1.64. The van der Waals surface area contributed by atoms with Gasteiger partial charge >= 0.3 is 0 Å². The number of carbonyl (C=O) groups is 1. The van der Waals surface area contributed by atoms with Gasteiger partial charge in [-0.15, -0.1) is 11.8 Å². The molecule has 0 radical (unpaired) electrons. The maximum Gasteiger partial charge on any atom is 0.232 e. The molecule has 1 aromatic rings. The Morgan fingerprint density at radius 1 is 1.56 bits per heavy atom.